The number of hydrogen-bond donors (Lipinski definition) is 0. The molecule has 2 aromatic carbocycles. The number of aromatic nitrogens is 1. The molecule has 1 fully saturated rings. The van der Waals surface area contributed by atoms with E-state index in [9.17, 15) is 18.0 Å². The molecule has 3 aromatic rings. The quantitative estimate of drug-likeness (QED) is 0.383. The smallest absolute Gasteiger partial charge is 0.320 e. The molecule has 1 aliphatic carbocycles. The number of hydrogen-bond acceptors (Lipinski definition) is 6. The number of esters is 1. The van der Waals surface area contributed by atoms with Gasteiger partial charge in [-0.05, 0) is 61.2 Å². The zero-order valence-electron chi connectivity index (χ0n) is 20.5. The summed E-state index contributed by atoms with van der Waals surface area (Å²) in [5.41, 5.74) is 0.934. The van der Waals surface area contributed by atoms with Gasteiger partial charge in [-0.1, -0.05) is 24.3 Å². The maximum absolute atomic E-state index is 14.4. The summed E-state index contributed by atoms with van der Waals surface area (Å²) < 4.78 is 40.7. The fourth-order valence-corrected chi connectivity index (χ4v) is 7.83. The second-order valence-corrected chi connectivity index (χ2v) is 11.3. The summed E-state index contributed by atoms with van der Waals surface area (Å²) >= 11 is 0. The Bertz CT molecular complexity index is 1620. The summed E-state index contributed by atoms with van der Waals surface area (Å²) in [5, 5.41) is 0.678. The minimum absolute atomic E-state index is 0.0632. The lowest BCUT2D eigenvalue weighted by Crippen LogP contribution is -2.59. The minimum atomic E-state index is -4.18. The first-order valence-corrected chi connectivity index (χ1v) is 13.6. The van der Waals surface area contributed by atoms with Crippen molar-refractivity contribution in [2.75, 3.05) is 14.2 Å². The normalized spacial score (nSPS) is 22.6. The second-order valence-electron chi connectivity index (χ2n) is 9.52. The minimum Gasteiger partial charge on any atom is -0.497 e. The fourth-order valence-electron chi connectivity index (χ4n) is 6.22. The Hall–Kier alpha value is -3.85. The van der Waals surface area contributed by atoms with Crippen molar-refractivity contribution in [2.24, 2.45) is 0 Å². The van der Waals surface area contributed by atoms with Gasteiger partial charge in [-0.15, -0.1) is 0 Å². The third-order valence-electron chi connectivity index (χ3n) is 7.80. The number of benzene rings is 2. The van der Waals surface area contributed by atoms with Crippen LogP contribution in [0.15, 0.2) is 71.3 Å². The highest BCUT2D eigenvalue weighted by Crippen LogP contribution is 2.52. The first-order chi connectivity index (χ1) is 17.8. The predicted octanol–water partition coefficient (Wildman–Crippen LogP) is 3.99. The van der Waals surface area contributed by atoms with E-state index in [4.69, 9.17) is 9.47 Å². The molecule has 0 radical (unpaired) electrons. The number of methoxy groups -OCH3 is 2. The Morgan fingerprint density at radius 3 is 2.54 bits per heavy atom. The molecular formula is C28H26N2O6S. The Kier molecular flexibility index (Phi) is 5.31. The van der Waals surface area contributed by atoms with E-state index in [-0.39, 0.29) is 10.8 Å². The SMILES string of the molecule is COC(=O)[C@@]12CCC=C3CCC(=O)N(C=Cc4c1n(S(=O)(=O)c1ccc(OC)cc1)c1ccccc41)[C@@H]32. The molecule has 1 amide bonds. The highest BCUT2D eigenvalue weighted by Gasteiger charge is 2.59. The van der Waals surface area contributed by atoms with Gasteiger partial charge < -0.3 is 14.4 Å². The largest absolute Gasteiger partial charge is 0.497 e. The number of allylic oxidation sites excluding steroid dienone is 1. The lowest BCUT2D eigenvalue weighted by atomic mass is 9.65. The molecule has 0 unspecified atom stereocenters. The fraction of sp³-hybridized carbons (Fsp3) is 0.286. The van der Waals surface area contributed by atoms with Gasteiger partial charge in [-0.2, -0.15) is 0 Å². The maximum Gasteiger partial charge on any atom is 0.320 e. The molecular weight excluding hydrogens is 492 g/mol. The van der Waals surface area contributed by atoms with Crippen LogP contribution in [0.5, 0.6) is 5.75 Å². The monoisotopic (exact) mass is 518 g/mol. The molecule has 0 N–H and O–H groups in total. The highest BCUT2D eigenvalue weighted by molar-refractivity contribution is 7.90. The van der Waals surface area contributed by atoms with E-state index < -0.39 is 27.4 Å². The molecule has 37 heavy (non-hydrogen) atoms. The van der Waals surface area contributed by atoms with Crippen LogP contribution in [0.3, 0.4) is 0 Å². The van der Waals surface area contributed by atoms with Crippen molar-refractivity contribution in [3.8, 4) is 5.75 Å². The topological polar surface area (TPSA) is 94.9 Å². The van der Waals surface area contributed by atoms with E-state index in [1.165, 1.54) is 30.3 Å². The van der Waals surface area contributed by atoms with Gasteiger partial charge in [-0.25, -0.2) is 12.4 Å². The van der Waals surface area contributed by atoms with Crippen LogP contribution in [0.4, 0.5) is 0 Å². The molecule has 2 atom stereocenters. The van der Waals surface area contributed by atoms with Gasteiger partial charge in [0.05, 0.1) is 36.4 Å². The van der Waals surface area contributed by atoms with Gasteiger partial charge in [0.1, 0.15) is 11.2 Å². The predicted molar refractivity (Wildman–Crippen MR) is 137 cm³/mol. The van der Waals surface area contributed by atoms with Crippen LogP contribution in [0.2, 0.25) is 0 Å². The van der Waals surface area contributed by atoms with Gasteiger partial charge in [0.25, 0.3) is 10.0 Å². The Labute approximate surface area is 214 Å². The molecule has 0 spiro atoms. The average Bonchev–Trinajstić information content (AvgIpc) is 3.18. The summed E-state index contributed by atoms with van der Waals surface area (Å²) in [4.78, 5) is 28.7. The highest BCUT2D eigenvalue weighted by atomic mass is 32.2. The van der Waals surface area contributed by atoms with Crippen molar-refractivity contribution in [3.05, 3.63) is 77.6 Å². The van der Waals surface area contributed by atoms with Crippen LogP contribution >= 0.6 is 0 Å². The molecule has 9 heteroatoms. The number of piperidine rings is 1. The molecule has 8 nitrogen and oxygen atoms in total. The van der Waals surface area contributed by atoms with E-state index in [1.807, 2.05) is 12.1 Å². The molecule has 0 saturated carbocycles. The Morgan fingerprint density at radius 1 is 1.05 bits per heavy atom. The van der Waals surface area contributed by atoms with Gasteiger partial charge in [0, 0.05) is 23.6 Å². The Morgan fingerprint density at radius 2 is 1.81 bits per heavy atom. The van der Waals surface area contributed by atoms with Gasteiger partial charge in [-0.3, -0.25) is 9.59 Å². The second kappa shape index (κ2) is 8.34. The number of carbonyl (C=O) groups excluding carboxylic acids is 2. The lowest BCUT2D eigenvalue weighted by molar-refractivity contribution is -0.152. The van der Waals surface area contributed by atoms with E-state index in [2.05, 4.69) is 6.08 Å². The van der Waals surface area contributed by atoms with E-state index >= 15 is 0 Å². The number of para-hydroxylation sites is 1. The van der Waals surface area contributed by atoms with Crippen LogP contribution in [-0.4, -0.2) is 49.4 Å². The van der Waals surface area contributed by atoms with Crippen molar-refractivity contribution in [2.45, 2.75) is 42.0 Å². The maximum atomic E-state index is 14.4. The van der Waals surface area contributed by atoms with E-state index in [0.29, 0.717) is 53.6 Å². The first-order valence-electron chi connectivity index (χ1n) is 12.1. The van der Waals surface area contributed by atoms with Crippen LogP contribution in [0.25, 0.3) is 17.0 Å². The molecule has 3 aliphatic rings. The summed E-state index contributed by atoms with van der Waals surface area (Å²) in [6.45, 7) is 0. The van der Waals surface area contributed by atoms with Crippen LogP contribution < -0.4 is 4.74 Å². The number of ether oxygens (including phenoxy) is 2. The zero-order valence-corrected chi connectivity index (χ0v) is 21.3. The summed E-state index contributed by atoms with van der Waals surface area (Å²) in [6.07, 6.45) is 7.27. The van der Waals surface area contributed by atoms with Crippen molar-refractivity contribution in [1.29, 1.82) is 0 Å². The number of rotatable bonds is 4. The molecule has 3 heterocycles. The summed E-state index contributed by atoms with van der Waals surface area (Å²) in [6, 6.07) is 12.7. The van der Waals surface area contributed by atoms with Crippen LogP contribution in [0.1, 0.15) is 36.9 Å². The third kappa shape index (κ3) is 3.16. The number of fused-ring (bicyclic) bond motifs is 4. The van der Waals surface area contributed by atoms with E-state index in [1.54, 1.807) is 41.4 Å². The lowest BCUT2D eigenvalue weighted by Gasteiger charge is -2.48. The van der Waals surface area contributed by atoms with Crippen molar-refractivity contribution in [3.63, 3.8) is 0 Å². The van der Waals surface area contributed by atoms with Crippen LogP contribution in [0, 0.1) is 0 Å². The number of carbonyl (C=O) groups is 2. The molecule has 2 aliphatic heterocycles. The average molecular weight is 519 g/mol. The van der Waals surface area contributed by atoms with Crippen molar-refractivity contribution in [1.82, 2.24) is 8.87 Å². The van der Waals surface area contributed by atoms with Crippen LogP contribution in [-0.2, 0) is 29.8 Å². The standard InChI is InChI=1S/C28H26N2O6S/c1-35-19-10-12-20(13-11-19)37(33,34)30-23-8-4-3-7-21(23)22-15-17-29-24(31)14-9-18-6-5-16-28(25(18)29,26(22)30)27(32)36-2/h3-4,6-8,10-13,15,17,25H,5,9,14,16H2,1-2H3/t25-,28+/m0/s1. The van der Waals surface area contributed by atoms with E-state index in [0.717, 1.165) is 5.57 Å². The van der Waals surface area contributed by atoms with Gasteiger partial charge in [0.2, 0.25) is 5.91 Å². The molecule has 0 bridgehead atoms. The summed E-state index contributed by atoms with van der Waals surface area (Å²) in [7, 11) is -1.35. The van der Waals surface area contributed by atoms with Gasteiger partial charge >= 0.3 is 5.97 Å². The third-order valence-corrected chi connectivity index (χ3v) is 9.53. The molecule has 6 rings (SSSR count). The molecule has 1 aromatic heterocycles. The van der Waals surface area contributed by atoms with Crippen molar-refractivity contribution >= 4 is 38.9 Å². The number of nitrogens with zero attached hydrogens (tertiary/aromatic N) is 2. The Balaban J connectivity index is 1.74. The number of amides is 1. The van der Waals surface area contributed by atoms with Crippen molar-refractivity contribution < 1.29 is 27.5 Å². The first kappa shape index (κ1) is 23.5. The molecule has 1 saturated heterocycles. The van der Waals surface area contributed by atoms with Gasteiger partial charge in [0.15, 0.2) is 0 Å². The summed E-state index contributed by atoms with van der Waals surface area (Å²) in [5.74, 6) is -0.128. The molecule has 190 valence electrons. The zero-order chi connectivity index (χ0) is 25.9.